The highest BCUT2D eigenvalue weighted by Gasteiger charge is 2.26. The monoisotopic (exact) mass is 494 g/mol. The molecule has 3 heterocycles. The molecule has 2 aliphatic heterocycles. The maximum atomic E-state index is 13.6. The first-order valence-corrected chi connectivity index (χ1v) is 11.9. The number of hydrogen-bond acceptors (Lipinski definition) is 4. The van der Waals surface area contributed by atoms with Gasteiger partial charge in [0.1, 0.15) is 5.82 Å². The molecule has 0 bridgehead atoms. The van der Waals surface area contributed by atoms with Crippen LogP contribution in [0.3, 0.4) is 0 Å². The fourth-order valence-electron chi connectivity index (χ4n) is 4.89. The molecular formula is C27H25F3N4O2. The van der Waals surface area contributed by atoms with Crippen molar-refractivity contribution in [2.45, 2.75) is 25.7 Å². The number of rotatable bonds is 7. The lowest BCUT2D eigenvalue weighted by molar-refractivity contribution is -0.127. The van der Waals surface area contributed by atoms with Crippen LogP contribution in [0, 0.1) is 17.5 Å². The van der Waals surface area contributed by atoms with E-state index in [-0.39, 0.29) is 18.2 Å². The first-order valence-electron chi connectivity index (χ1n) is 11.9. The number of hydrogen-bond donors (Lipinski definition) is 1. The molecule has 5 rings (SSSR count). The Balaban J connectivity index is 1.30. The van der Waals surface area contributed by atoms with Crippen molar-refractivity contribution in [3.05, 3.63) is 88.4 Å². The molecule has 0 unspecified atom stereocenters. The van der Waals surface area contributed by atoms with Crippen LogP contribution in [0.15, 0.2) is 48.7 Å². The number of aromatic nitrogens is 1. The Morgan fingerprint density at radius 3 is 2.56 bits per heavy atom. The molecule has 1 saturated heterocycles. The number of anilines is 2. The third kappa shape index (κ3) is 4.78. The van der Waals surface area contributed by atoms with Crippen molar-refractivity contribution in [1.29, 1.82) is 0 Å². The van der Waals surface area contributed by atoms with Gasteiger partial charge < -0.3 is 15.1 Å². The van der Waals surface area contributed by atoms with Gasteiger partial charge in [-0.3, -0.25) is 9.59 Å². The predicted molar refractivity (Wildman–Crippen MR) is 129 cm³/mol. The van der Waals surface area contributed by atoms with E-state index in [1.54, 1.807) is 23.2 Å². The molecule has 186 valence electrons. The maximum Gasteiger partial charge on any atom is 0.251 e. The summed E-state index contributed by atoms with van der Waals surface area (Å²) in [6, 6.07) is 11.1. The van der Waals surface area contributed by atoms with Gasteiger partial charge in [0.05, 0.1) is 0 Å². The van der Waals surface area contributed by atoms with Crippen LogP contribution in [-0.2, 0) is 17.6 Å². The third-order valence-corrected chi connectivity index (χ3v) is 6.65. The van der Waals surface area contributed by atoms with Gasteiger partial charge in [-0.15, -0.1) is 0 Å². The highest BCUT2D eigenvalue weighted by atomic mass is 19.2. The summed E-state index contributed by atoms with van der Waals surface area (Å²) in [5.74, 6) is -3.31. The summed E-state index contributed by atoms with van der Waals surface area (Å²) >= 11 is 0. The summed E-state index contributed by atoms with van der Waals surface area (Å²) in [5.41, 5.74) is 3.48. The van der Waals surface area contributed by atoms with Gasteiger partial charge >= 0.3 is 0 Å². The Hall–Kier alpha value is -3.88. The molecule has 1 fully saturated rings. The van der Waals surface area contributed by atoms with E-state index in [0.717, 1.165) is 41.9 Å². The fraction of sp³-hybridized carbons (Fsp3) is 0.296. The topological polar surface area (TPSA) is 65.5 Å². The maximum absolute atomic E-state index is 13.6. The van der Waals surface area contributed by atoms with Gasteiger partial charge in [0.15, 0.2) is 17.5 Å². The Morgan fingerprint density at radius 1 is 1.00 bits per heavy atom. The Bertz CT molecular complexity index is 1310. The largest absolute Gasteiger partial charge is 0.350 e. The summed E-state index contributed by atoms with van der Waals surface area (Å²) in [6.45, 7) is 2.26. The summed E-state index contributed by atoms with van der Waals surface area (Å²) in [6.07, 6.45) is 3.93. The number of fused-ring (bicyclic) bond motifs is 1. The SMILES string of the molecule is O=C(NCCN1CCCC1=O)c1cccc2c1CCN2c1cc(Cc2cc(F)c(F)c(F)c2)ccn1. The lowest BCUT2D eigenvalue weighted by atomic mass is 10.0. The molecule has 2 aromatic carbocycles. The second kappa shape index (κ2) is 10.0. The number of amides is 2. The molecule has 36 heavy (non-hydrogen) atoms. The Morgan fingerprint density at radius 2 is 1.81 bits per heavy atom. The van der Waals surface area contributed by atoms with Crippen LogP contribution in [0.5, 0.6) is 0 Å². The summed E-state index contributed by atoms with van der Waals surface area (Å²) < 4.78 is 40.5. The fourth-order valence-corrected chi connectivity index (χ4v) is 4.89. The van der Waals surface area contributed by atoms with Gasteiger partial charge in [0.25, 0.3) is 5.91 Å². The third-order valence-electron chi connectivity index (χ3n) is 6.65. The standard InChI is InChI=1S/C27H25F3N4O2/c28-21-14-18(15-22(29)26(21)30)13-17-6-8-31-24(16-17)34-11-7-19-20(3-1-4-23(19)34)27(36)32-9-12-33-10-2-5-25(33)35/h1,3-4,6,8,14-16H,2,5,7,9-13H2,(H,32,36). The molecule has 0 aliphatic carbocycles. The van der Waals surface area contributed by atoms with Crippen LogP contribution in [-0.4, -0.2) is 47.9 Å². The molecule has 0 atom stereocenters. The van der Waals surface area contributed by atoms with Crippen molar-refractivity contribution < 1.29 is 22.8 Å². The van der Waals surface area contributed by atoms with Crippen molar-refractivity contribution in [1.82, 2.24) is 15.2 Å². The van der Waals surface area contributed by atoms with Gasteiger partial charge in [-0.2, -0.15) is 0 Å². The van der Waals surface area contributed by atoms with Crippen LogP contribution in [0.4, 0.5) is 24.7 Å². The molecule has 0 saturated carbocycles. The van der Waals surface area contributed by atoms with Gasteiger partial charge in [0, 0.05) is 50.0 Å². The number of halogens is 3. The number of pyridine rings is 1. The summed E-state index contributed by atoms with van der Waals surface area (Å²) in [4.78, 5) is 32.9. The lowest BCUT2D eigenvalue weighted by Crippen LogP contribution is -2.35. The molecule has 1 N–H and O–H groups in total. The molecule has 1 aromatic heterocycles. The zero-order valence-corrected chi connectivity index (χ0v) is 19.6. The van der Waals surface area contributed by atoms with E-state index in [2.05, 4.69) is 10.3 Å². The normalized spacial score (nSPS) is 14.9. The van der Waals surface area contributed by atoms with E-state index in [9.17, 15) is 22.8 Å². The van der Waals surface area contributed by atoms with Gasteiger partial charge in [-0.1, -0.05) is 6.07 Å². The van der Waals surface area contributed by atoms with Gasteiger partial charge in [-0.05, 0) is 72.4 Å². The average molecular weight is 495 g/mol. The zero-order chi connectivity index (χ0) is 25.2. The minimum absolute atomic E-state index is 0.130. The van der Waals surface area contributed by atoms with Crippen LogP contribution in [0.25, 0.3) is 0 Å². The van der Waals surface area contributed by atoms with Crippen molar-refractivity contribution in [3.63, 3.8) is 0 Å². The van der Waals surface area contributed by atoms with E-state index in [0.29, 0.717) is 49.4 Å². The summed E-state index contributed by atoms with van der Waals surface area (Å²) in [5, 5.41) is 2.93. The van der Waals surface area contributed by atoms with Crippen molar-refractivity contribution in [2.75, 3.05) is 31.1 Å². The second-order valence-electron chi connectivity index (χ2n) is 9.02. The van der Waals surface area contributed by atoms with E-state index in [4.69, 9.17) is 0 Å². The van der Waals surface area contributed by atoms with Crippen LogP contribution < -0.4 is 10.2 Å². The number of likely N-dealkylation sites (tertiary alicyclic amines) is 1. The molecule has 0 spiro atoms. The molecule has 2 amide bonds. The Kier molecular flexibility index (Phi) is 6.63. The minimum Gasteiger partial charge on any atom is -0.350 e. The number of nitrogens with zero attached hydrogens (tertiary/aromatic N) is 3. The Labute approximate surface area is 206 Å². The number of nitrogens with one attached hydrogen (secondary N) is 1. The van der Waals surface area contributed by atoms with Gasteiger partial charge in [-0.25, -0.2) is 18.2 Å². The van der Waals surface area contributed by atoms with E-state index >= 15 is 0 Å². The molecular weight excluding hydrogens is 469 g/mol. The van der Waals surface area contributed by atoms with Crippen molar-refractivity contribution >= 4 is 23.3 Å². The smallest absolute Gasteiger partial charge is 0.251 e. The number of carbonyl (C=O) groups is 2. The predicted octanol–water partition coefficient (Wildman–Crippen LogP) is 4.14. The lowest BCUT2D eigenvalue weighted by Gasteiger charge is -2.20. The quantitative estimate of drug-likeness (QED) is 0.502. The highest BCUT2D eigenvalue weighted by Crippen LogP contribution is 2.36. The zero-order valence-electron chi connectivity index (χ0n) is 19.6. The van der Waals surface area contributed by atoms with Crippen LogP contribution in [0.1, 0.15) is 39.9 Å². The van der Waals surface area contributed by atoms with E-state index in [1.807, 2.05) is 23.1 Å². The van der Waals surface area contributed by atoms with Crippen molar-refractivity contribution in [2.24, 2.45) is 0 Å². The molecule has 2 aliphatic rings. The summed E-state index contributed by atoms with van der Waals surface area (Å²) in [7, 11) is 0. The second-order valence-corrected chi connectivity index (χ2v) is 9.02. The first-order chi connectivity index (χ1) is 17.4. The number of benzene rings is 2. The molecule has 9 heteroatoms. The van der Waals surface area contributed by atoms with E-state index in [1.165, 1.54) is 0 Å². The van der Waals surface area contributed by atoms with Gasteiger partial charge in [0.2, 0.25) is 5.91 Å². The van der Waals surface area contributed by atoms with Crippen molar-refractivity contribution in [3.8, 4) is 0 Å². The van der Waals surface area contributed by atoms with E-state index < -0.39 is 17.5 Å². The molecule has 6 nitrogen and oxygen atoms in total. The molecule has 0 radical (unpaired) electrons. The highest BCUT2D eigenvalue weighted by molar-refractivity contribution is 5.98. The van der Waals surface area contributed by atoms with Crippen LogP contribution in [0.2, 0.25) is 0 Å². The average Bonchev–Trinajstić information content (AvgIpc) is 3.48. The molecule has 3 aromatic rings. The van der Waals surface area contributed by atoms with Crippen LogP contribution >= 0.6 is 0 Å². The first kappa shape index (κ1) is 23.8. The number of carbonyl (C=O) groups excluding carboxylic acids is 2. The minimum atomic E-state index is -1.48.